The number of benzene rings is 1. The van der Waals surface area contributed by atoms with E-state index in [1.54, 1.807) is 25.1 Å². The maximum atomic E-state index is 12.8. The van der Waals surface area contributed by atoms with E-state index in [9.17, 15) is 9.59 Å². The number of hydrogen-bond acceptors (Lipinski definition) is 7. The van der Waals surface area contributed by atoms with Gasteiger partial charge in [0.05, 0.1) is 12.2 Å². The van der Waals surface area contributed by atoms with Crippen LogP contribution in [0.4, 0.5) is 5.00 Å². The van der Waals surface area contributed by atoms with Crippen LogP contribution in [0.5, 0.6) is 11.5 Å². The number of likely N-dealkylation sites (N-methyl/N-ethyl adjacent to an activating group) is 1. The molecule has 0 aliphatic carbocycles. The van der Waals surface area contributed by atoms with Crippen molar-refractivity contribution in [1.82, 2.24) is 4.90 Å². The molecule has 0 radical (unpaired) electrons. The van der Waals surface area contributed by atoms with Gasteiger partial charge in [0.2, 0.25) is 6.79 Å². The molecule has 2 aromatic rings. The van der Waals surface area contributed by atoms with E-state index in [0.29, 0.717) is 34.2 Å². The number of rotatable bonds is 4. The molecule has 1 N–H and O–H groups in total. The summed E-state index contributed by atoms with van der Waals surface area (Å²) >= 11 is 1.44. The molecule has 0 saturated heterocycles. The second-order valence-electron chi connectivity index (χ2n) is 6.44. The van der Waals surface area contributed by atoms with Gasteiger partial charge in [-0.2, -0.15) is 0 Å². The first-order valence-corrected chi connectivity index (χ1v) is 9.59. The summed E-state index contributed by atoms with van der Waals surface area (Å²) in [5, 5.41) is 3.43. The van der Waals surface area contributed by atoms with Crippen LogP contribution >= 0.6 is 11.3 Å². The highest BCUT2D eigenvalue weighted by molar-refractivity contribution is 7.17. The Morgan fingerprint density at radius 1 is 1.30 bits per heavy atom. The van der Waals surface area contributed by atoms with E-state index >= 15 is 0 Å². The number of fused-ring (bicyclic) bond motifs is 2. The second kappa shape index (κ2) is 7.21. The van der Waals surface area contributed by atoms with Gasteiger partial charge in [0.25, 0.3) is 5.91 Å². The predicted octanol–water partition coefficient (Wildman–Crippen LogP) is 2.89. The lowest BCUT2D eigenvalue weighted by molar-refractivity contribution is 0.0526. The van der Waals surface area contributed by atoms with Crippen molar-refractivity contribution < 1.29 is 23.8 Å². The average Bonchev–Trinajstić information content (AvgIpc) is 3.24. The second-order valence-corrected chi connectivity index (χ2v) is 7.54. The number of carbonyl (C=O) groups excluding carboxylic acids is 2. The zero-order valence-electron chi connectivity index (χ0n) is 15.2. The van der Waals surface area contributed by atoms with Crippen molar-refractivity contribution in [2.24, 2.45) is 0 Å². The van der Waals surface area contributed by atoms with Crippen LogP contribution in [0, 0.1) is 0 Å². The number of carbonyl (C=O) groups is 2. The Bertz CT molecular complexity index is 908. The molecule has 0 unspecified atom stereocenters. The van der Waals surface area contributed by atoms with Crippen molar-refractivity contribution >= 4 is 28.2 Å². The molecule has 1 aromatic carbocycles. The number of ether oxygens (including phenoxy) is 3. The van der Waals surface area contributed by atoms with Gasteiger partial charge in [0, 0.05) is 23.5 Å². The van der Waals surface area contributed by atoms with Crippen LogP contribution < -0.4 is 14.8 Å². The van der Waals surface area contributed by atoms with Crippen LogP contribution in [0.1, 0.15) is 38.1 Å². The van der Waals surface area contributed by atoms with Gasteiger partial charge in [0.15, 0.2) is 11.5 Å². The molecule has 2 aliphatic heterocycles. The van der Waals surface area contributed by atoms with Gasteiger partial charge in [-0.05, 0) is 44.2 Å². The van der Waals surface area contributed by atoms with E-state index in [0.717, 1.165) is 30.0 Å². The third kappa shape index (κ3) is 3.38. The highest BCUT2D eigenvalue weighted by atomic mass is 32.1. The lowest BCUT2D eigenvalue weighted by Crippen LogP contribution is -2.26. The lowest BCUT2D eigenvalue weighted by atomic mass is 10.0. The number of nitrogens with one attached hydrogen (secondary N) is 1. The van der Waals surface area contributed by atoms with Crippen molar-refractivity contribution in [3.8, 4) is 11.5 Å². The normalized spacial score (nSPS) is 15.3. The van der Waals surface area contributed by atoms with E-state index in [4.69, 9.17) is 14.2 Å². The largest absolute Gasteiger partial charge is 0.462 e. The smallest absolute Gasteiger partial charge is 0.341 e. The Balaban J connectivity index is 1.64. The third-order valence-corrected chi connectivity index (χ3v) is 5.72. The number of anilines is 1. The standard InChI is InChI=1S/C19H20N2O5S/c1-3-24-19(23)16-12-6-7-21(2)9-15(12)27-18(16)20-17(22)11-4-5-13-14(8-11)26-10-25-13/h4-5,8H,3,6-7,9-10H2,1-2H3,(H,20,22). The molecule has 1 aromatic heterocycles. The Hall–Kier alpha value is -2.58. The van der Waals surface area contributed by atoms with Crippen molar-refractivity contribution in [3.63, 3.8) is 0 Å². The summed E-state index contributed by atoms with van der Waals surface area (Å²) in [6.45, 7) is 3.84. The van der Waals surface area contributed by atoms with Crippen molar-refractivity contribution in [2.45, 2.75) is 19.9 Å². The highest BCUT2D eigenvalue weighted by Crippen LogP contribution is 2.38. The molecule has 142 valence electrons. The molecule has 0 spiro atoms. The maximum absolute atomic E-state index is 12.8. The van der Waals surface area contributed by atoms with Crippen molar-refractivity contribution in [2.75, 3.05) is 32.3 Å². The SMILES string of the molecule is CCOC(=O)c1c(NC(=O)c2ccc3c(c2)OCO3)sc2c1CCN(C)C2. The number of amides is 1. The zero-order valence-corrected chi connectivity index (χ0v) is 16.0. The van der Waals surface area contributed by atoms with Gasteiger partial charge in [0.1, 0.15) is 5.00 Å². The molecular weight excluding hydrogens is 368 g/mol. The fourth-order valence-corrected chi connectivity index (χ4v) is 4.56. The van der Waals surface area contributed by atoms with E-state index in [-0.39, 0.29) is 18.7 Å². The summed E-state index contributed by atoms with van der Waals surface area (Å²) in [4.78, 5) is 28.6. The maximum Gasteiger partial charge on any atom is 0.341 e. The van der Waals surface area contributed by atoms with Gasteiger partial charge in [-0.3, -0.25) is 4.79 Å². The molecule has 1 amide bonds. The fraction of sp³-hybridized carbons (Fsp3) is 0.368. The summed E-state index contributed by atoms with van der Waals surface area (Å²) in [6, 6.07) is 5.02. The first kappa shape index (κ1) is 17.8. The number of esters is 1. The molecule has 2 aliphatic rings. The molecule has 0 saturated carbocycles. The monoisotopic (exact) mass is 388 g/mol. The van der Waals surface area contributed by atoms with Crippen molar-refractivity contribution in [1.29, 1.82) is 0 Å². The van der Waals surface area contributed by atoms with Crippen LogP contribution in [-0.2, 0) is 17.7 Å². The summed E-state index contributed by atoms with van der Waals surface area (Å²) in [5.41, 5.74) is 1.91. The van der Waals surface area contributed by atoms with Gasteiger partial charge < -0.3 is 24.4 Å². The molecule has 0 fully saturated rings. The van der Waals surface area contributed by atoms with Gasteiger partial charge in [-0.1, -0.05) is 0 Å². The average molecular weight is 388 g/mol. The molecular formula is C19H20N2O5S. The van der Waals surface area contributed by atoms with E-state index < -0.39 is 0 Å². The molecule has 0 bridgehead atoms. The Morgan fingerprint density at radius 2 is 2.11 bits per heavy atom. The van der Waals surface area contributed by atoms with E-state index in [1.165, 1.54) is 11.3 Å². The predicted molar refractivity (Wildman–Crippen MR) is 101 cm³/mol. The molecule has 4 rings (SSSR count). The van der Waals surface area contributed by atoms with Crippen LogP contribution in [0.3, 0.4) is 0 Å². The van der Waals surface area contributed by atoms with Crippen LogP contribution in [-0.4, -0.2) is 43.8 Å². The van der Waals surface area contributed by atoms with Crippen molar-refractivity contribution in [3.05, 3.63) is 39.8 Å². The summed E-state index contributed by atoms with van der Waals surface area (Å²) in [6.07, 6.45) is 0.760. The minimum absolute atomic E-state index is 0.151. The van der Waals surface area contributed by atoms with Gasteiger partial charge in [-0.25, -0.2) is 4.79 Å². The summed E-state index contributed by atoms with van der Waals surface area (Å²) < 4.78 is 15.8. The van der Waals surface area contributed by atoms with Crippen LogP contribution in [0.2, 0.25) is 0 Å². The molecule has 0 atom stereocenters. The van der Waals surface area contributed by atoms with Gasteiger partial charge >= 0.3 is 5.97 Å². The zero-order chi connectivity index (χ0) is 19.0. The summed E-state index contributed by atoms with van der Waals surface area (Å²) in [7, 11) is 2.04. The molecule has 27 heavy (non-hydrogen) atoms. The van der Waals surface area contributed by atoms with E-state index in [2.05, 4.69) is 10.2 Å². The molecule has 3 heterocycles. The number of thiophene rings is 1. The molecule has 8 heteroatoms. The quantitative estimate of drug-likeness (QED) is 0.812. The Kier molecular flexibility index (Phi) is 4.75. The van der Waals surface area contributed by atoms with E-state index in [1.807, 2.05) is 7.05 Å². The minimum Gasteiger partial charge on any atom is -0.462 e. The van der Waals surface area contributed by atoms with Gasteiger partial charge in [-0.15, -0.1) is 11.3 Å². The highest BCUT2D eigenvalue weighted by Gasteiger charge is 2.29. The van der Waals surface area contributed by atoms with Crippen LogP contribution in [0.15, 0.2) is 18.2 Å². The fourth-order valence-electron chi connectivity index (χ4n) is 3.25. The topological polar surface area (TPSA) is 77.1 Å². The summed E-state index contributed by atoms with van der Waals surface area (Å²) in [5.74, 6) is 0.472. The van der Waals surface area contributed by atoms with Crippen LogP contribution in [0.25, 0.3) is 0 Å². The third-order valence-electron chi connectivity index (χ3n) is 4.59. The number of nitrogens with zero attached hydrogens (tertiary/aromatic N) is 1. The first-order chi connectivity index (χ1) is 13.1. The Labute approximate surface area is 160 Å². The molecule has 7 nitrogen and oxygen atoms in total. The minimum atomic E-state index is -0.388. The lowest BCUT2D eigenvalue weighted by Gasteiger charge is -2.22. The number of hydrogen-bond donors (Lipinski definition) is 1. The Morgan fingerprint density at radius 3 is 2.93 bits per heavy atom. The first-order valence-electron chi connectivity index (χ1n) is 8.78.